The van der Waals surface area contributed by atoms with Crippen molar-refractivity contribution in [2.45, 2.75) is 6.54 Å². The molecule has 0 bridgehead atoms. The van der Waals surface area contributed by atoms with E-state index < -0.39 is 0 Å². The van der Waals surface area contributed by atoms with Gasteiger partial charge in [-0.05, 0) is 42.6 Å². The molecule has 1 N–H and O–H groups in total. The molecule has 0 spiro atoms. The maximum Gasteiger partial charge on any atom is 0.226 e. The van der Waals surface area contributed by atoms with Crippen LogP contribution < -0.4 is 5.32 Å². The number of rotatable bonds is 3. The van der Waals surface area contributed by atoms with Crippen molar-refractivity contribution in [2.75, 3.05) is 39.3 Å². The number of nitrogens with zero attached hydrogens (tertiary/aromatic N) is 2. The van der Waals surface area contributed by atoms with Crippen LogP contribution in [-0.4, -0.2) is 55.0 Å². The number of hydrogen-bond donors (Lipinski definition) is 1. The molecule has 2 heterocycles. The summed E-state index contributed by atoms with van der Waals surface area (Å²) in [5, 5.41) is 4.14. The Morgan fingerprint density at radius 1 is 1.09 bits per heavy atom. The Kier molecular flexibility index (Phi) is 3.84. The van der Waals surface area contributed by atoms with Crippen molar-refractivity contribution < 1.29 is 4.79 Å². The van der Waals surface area contributed by atoms with E-state index in [1.54, 1.807) is 0 Å². The summed E-state index contributed by atoms with van der Waals surface area (Å²) >= 11 is 5.92. The Bertz CT molecular complexity index is 544. The minimum Gasteiger partial charge on any atom is -0.340 e. The largest absolute Gasteiger partial charge is 0.340 e. The highest BCUT2D eigenvalue weighted by atomic mass is 35.5. The van der Waals surface area contributed by atoms with Gasteiger partial charge in [-0.1, -0.05) is 23.7 Å². The van der Waals surface area contributed by atoms with E-state index in [1.165, 1.54) is 5.56 Å². The number of amides is 1. The molecule has 4 nitrogen and oxygen atoms in total. The van der Waals surface area contributed by atoms with Gasteiger partial charge in [0.05, 0.1) is 0 Å². The van der Waals surface area contributed by atoms with Crippen molar-refractivity contribution >= 4 is 17.5 Å². The molecule has 1 aliphatic carbocycles. The van der Waals surface area contributed by atoms with Gasteiger partial charge in [-0.25, -0.2) is 0 Å². The maximum absolute atomic E-state index is 12.5. The van der Waals surface area contributed by atoms with E-state index in [9.17, 15) is 4.79 Å². The van der Waals surface area contributed by atoms with Crippen molar-refractivity contribution in [2.24, 2.45) is 17.8 Å². The number of piperidine rings is 1. The summed E-state index contributed by atoms with van der Waals surface area (Å²) < 4.78 is 0. The van der Waals surface area contributed by atoms with Crippen LogP contribution >= 0.6 is 11.6 Å². The lowest BCUT2D eigenvalue weighted by molar-refractivity contribution is -0.135. The average molecular weight is 320 g/mol. The summed E-state index contributed by atoms with van der Waals surface area (Å²) in [5.41, 5.74) is 1.28. The first-order valence-corrected chi connectivity index (χ1v) is 8.56. The lowest BCUT2D eigenvalue weighted by Gasteiger charge is -2.35. The third-order valence-corrected chi connectivity index (χ3v) is 5.63. The van der Waals surface area contributed by atoms with E-state index in [1.807, 2.05) is 12.1 Å². The normalized spacial score (nSPS) is 31.1. The van der Waals surface area contributed by atoms with Gasteiger partial charge in [0.25, 0.3) is 0 Å². The molecule has 1 aromatic rings. The monoisotopic (exact) mass is 319 g/mol. The number of piperazine rings is 1. The summed E-state index contributed by atoms with van der Waals surface area (Å²) in [6, 6.07) is 8.05. The van der Waals surface area contributed by atoms with Crippen LogP contribution in [0.2, 0.25) is 5.02 Å². The zero-order valence-electron chi connectivity index (χ0n) is 12.7. The SMILES string of the molecule is O=C(C1[C@H]2CNC[C@@H]12)N1CCN(Cc2ccc(Cl)cc2)CC1. The molecule has 3 aliphatic rings. The van der Waals surface area contributed by atoms with Gasteiger partial charge in [0.1, 0.15) is 0 Å². The predicted molar refractivity (Wildman–Crippen MR) is 86.6 cm³/mol. The molecule has 0 aromatic heterocycles. The molecule has 0 radical (unpaired) electrons. The quantitative estimate of drug-likeness (QED) is 0.916. The van der Waals surface area contributed by atoms with E-state index in [2.05, 4.69) is 27.2 Å². The van der Waals surface area contributed by atoms with Crippen molar-refractivity contribution in [3.8, 4) is 0 Å². The highest BCUT2D eigenvalue weighted by molar-refractivity contribution is 6.30. The van der Waals surface area contributed by atoms with E-state index in [0.717, 1.165) is 50.8 Å². The minimum absolute atomic E-state index is 0.323. The van der Waals surface area contributed by atoms with E-state index in [0.29, 0.717) is 23.7 Å². The first-order chi connectivity index (χ1) is 10.7. The molecule has 2 aliphatic heterocycles. The molecule has 3 atom stereocenters. The van der Waals surface area contributed by atoms with E-state index in [4.69, 9.17) is 11.6 Å². The topological polar surface area (TPSA) is 35.6 Å². The van der Waals surface area contributed by atoms with Gasteiger partial charge in [0.15, 0.2) is 0 Å². The Morgan fingerprint density at radius 2 is 1.73 bits per heavy atom. The lowest BCUT2D eigenvalue weighted by Crippen LogP contribution is -2.49. The number of fused-ring (bicyclic) bond motifs is 1. The summed E-state index contributed by atoms with van der Waals surface area (Å²) in [4.78, 5) is 17.0. The molecule has 22 heavy (non-hydrogen) atoms. The number of carbonyl (C=O) groups excluding carboxylic acids is 1. The summed E-state index contributed by atoms with van der Waals surface area (Å²) in [7, 11) is 0. The minimum atomic E-state index is 0.323. The molecule has 5 heteroatoms. The second-order valence-electron chi connectivity index (χ2n) is 6.74. The van der Waals surface area contributed by atoms with Gasteiger partial charge >= 0.3 is 0 Å². The number of hydrogen-bond acceptors (Lipinski definition) is 3. The zero-order chi connectivity index (χ0) is 15.1. The van der Waals surface area contributed by atoms with Crippen LogP contribution in [0.3, 0.4) is 0 Å². The molecule has 2 saturated heterocycles. The first-order valence-electron chi connectivity index (χ1n) is 8.19. The summed E-state index contributed by atoms with van der Waals surface area (Å²) in [6.07, 6.45) is 0. The fraction of sp³-hybridized carbons (Fsp3) is 0.588. The van der Waals surface area contributed by atoms with E-state index in [-0.39, 0.29) is 0 Å². The Morgan fingerprint density at radius 3 is 2.36 bits per heavy atom. The van der Waals surface area contributed by atoms with Crippen LogP contribution in [0.15, 0.2) is 24.3 Å². The maximum atomic E-state index is 12.5. The Hall–Kier alpha value is -1.10. The van der Waals surface area contributed by atoms with Gasteiger partial charge in [0, 0.05) is 43.7 Å². The molecular formula is C17H22ClN3O. The van der Waals surface area contributed by atoms with Crippen molar-refractivity contribution in [1.29, 1.82) is 0 Å². The molecular weight excluding hydrogens is 298 g/mol. The Labute approximate surface area is 136 Å². The fourth-order valence-corrected chi connectivity index (χ4v) is 4.10. The molecule has 4 rings (SSSR count). The third kappa shape index (κ3) is 2.75. The van der Waals surface area contributed by atoms with Gasteiger partial charge in [-0.3, -0.25) is 9.69 Å². The fourth-order valence-electron chi connectivity index (χ4n) is 3.97. The number of halogens is 1. The van der Waals surface area contributed by atoms with Crippen LogP contribution in [0.5, 0.6) is 0 Å². The van der Waals surface area contributed by atoms with E-state index >= 15 is 0 Å². The second kappa shape index (κ2) is 5.84. The molecule has 1 saturated carbocycles. The van der Waals surface area contributed by atoms with Crippen LogP contribution in [0.25, 0.3) is 0 Å². The average Bonchev–Trinajstić information content (AvgIpc) is 3.01. The van der Waals surface area contributed by atoms with Crippen LogP contribution in [-0.2, 0) is 11.3 Å². The van der Waals surface area contributed by atoms with Crippen LogP contribution in [0.4, 0.5) is 0 Å². The number of benzene rings is 1. The smallest absolute Gasteiger partial charge is 0.226 e. The predicted octanol–water partition coefficient (Wildman–Crippen LogP) is 1.45. The highest BCUT2D eigenvalue weighted by Gasteiger charge is 2.57. The van der Waals surface area contributed by atoms with Gasteiger partial charge in [0.2, 0.25) is 5.91 Å². The standard InChI is InChI=1S/C17H22ClN3O/c18-13-3-1-12(2-4-13)11-20-5-7-21(8-6-20)17(22)16-14-9-19-10-15(14)16/h1-4,14-16,19H,5-11H2/t14-,15+,16?. The summed E-state index contributed by atoms with van der Waals surface area (Å²) in [5.74, 6) is 1.98. The number of nitrogens with one attached hydrogen (secondary N) is 1. The van der Waals surface area contributed by atoms with Gasteiger partial charge < -0.3 is 10.2 Å². The first kappa shape index (κ1) is 14.5. The Balaban J connectivity index is 1.27. The van der Waals surface area contributed by atoms with Gasteiger partial charge in [-0.15, -0.1) is 0 Å². The molecule has 1 amide bonds. The zero-order valence-corrected chi connectivity index (χ0v) is 13.4. The van der Waals surface area contributed by atoms with Crippen LogP contribution in [0.1, 0.15) is 5.56 Å². The molecule has 3 fully saturated rings. The van der Waals surface area contributed by atoms with Crippen molar-refractivity contribution in [3.05, 3.63) is 34.9 Å². The molecule has 1 unspecified atom stereocenters. The van der Waals surface area contributed by atoms with Crippen molar-refractivity contribution in [1.82, 2.24) is 15.1 Å². The molecule has 118 valence electrons. The summed E-state index contributed by atoms with van der Waals surface area (Å²) in [6.45, 7) is 6.70. The van der Waals surface area contributed by atoms with Crippen molar-refractivity contribution in [3.63, 3.8) is 0 Å². The number of carbonyl (C=O) groups is 1. The highest BCUT2D eigenvalue weighted by Crippen LogP contribution is 2.49. The van der Waals surface area contributed by atoms with Crippen LogP contribution in [0, 0.1) is 17.8 Å². The second-order valence-corrected chi connectivity index (χ2v) is 7.18. The lowest BCUT2D eigenvalue weighted by atomic mass is 10.2. The molecule has 1 aromatic carbocycles. The van der Waals surface area contributed by atoms with Gasteiger partial charge in [-0.2, -0.15) is 0 Å². The third-order valence-electron chi connectivity index (χ3n) is 5.38.